The van der Waals surface area contributed by atoms with Gasteiger partial charge < -0.3 is 9.73 Å². The Hall–Kier alpha value is -1.84. The van der Waals surface area contributed by atoms with E-state index in [-0.39, 0.29) is 0 Å². The lowest BCUT2D eigenvalue weighted by atomic mass is 10.0. The van der Waals surface area contributed by atoms with Crippen LogP contribution in [0.4, 0.5) is 0 Å². The van der Waals surface area contributed by atoms with Crippen LogP contribution in [-0.4, -0.2) is 36.6 Å². The maximum Gasteiger partial charge on any atom is 0.126 e. The Bertz CT molecular complexity index is 694. The van der Waals surface area contributed by atoms with Gasteiger partial charge in [0, 0.05) is 25.2 Å². The molecule has 0 radical (unpaired) electrons. The molecule has 1 aromatic heterocycles. The maximum atomic E-state index is 5.40. The third-order valence-electron chi connectivity index (χ3n) is 5.60. The molecule has 132 valence electrons. The van der Waals surface area contributed by atoms with Gasteiger partial charge in [0.05, 0.1) is 6.26 Å². The number of benzene rings is 1. The Morgan fingerprint density at radius 1 is 1.20 bits per heavy atom. The summed E-state index contributed by atoms with van der Waals surface area (Å²) in [5.41, 5.74) is 4.43. The van der Waals surface area contributed by atoms with Crippen molar-refractivity contribution in [3.05, 3.63) is 65.1 Å². The molecule has 4 rings (SSSR count). The molecule has 25 heavy (non-hydrogen) atoms. The number of likely N-dealkylation sites (tertiary alicyclic amines) is 1. The summed E-state index contributed by atoms with van der Waals surface area (Å²) >= 11 is 0. The van der Waals surface area contributed by atoms with Crippen molar-refractivity contribution in [3.63, 3.8) is 0 Å². The number of furan rings is 1. The topological polar surface area (TPSA) is 28.4 Å². The van der Waals surface area contributed by atoms with Gasteiger partial charge in [-0.15, -0.1) is 0 Å². The van der Waals surface area contributed by atoms with Gasteiger partial charge in [0.1, 0.15) is 5.76 Å². The molecule has 0 spiro atoms. The highest BCUT2D eigenvalue weighted by molar-refractivity contribution is 5.46. The highest BCUT2D eigenvalue weighted by Gasteiger charge is 2.30. The zero-order valence-electron chi connectivity index (χ0n) is 15.1. The number of rotatable bonds is 5. The van der Waals surface area contributed by atoms with Gasteiger partial charge in [-0.25, -0.2) is 0 Å². The lowest BCUT2D eigenvalue weighted by molar-refractivity contribution is 0.142. The molecule has 3 nitrogen and oxygen atoms in total. The van der Waals surface area contributed by atoms with Gasteiger partial charge in [0.15, 0.2) is 0 Å². The Balaban J connectivity index is 1.30. The Morgan fingerprint density at radius 3 is 2.72 bits per heavy atom. The predicted molar refractivity (Wildman–Crippen MR) is 103 cm³/mol. The normalized spacial score (nSPS) is 22.3. The van der Waals surface area contributed by atoms with Crippen LogP contribution >= 0.6 is 0 Å². The zero-order valence-corrected chi connectivity index (χ0v) is 15.1. The van der Waals surface area contributed by atoms with Crippen molar-refractivity contribution in [2.24, 2.45) is 0 Å². The van der Waals surface area contributed by atoms with E-state index in [1.54, 1.807) is 17.4 Å². The van der Waals surface area contributed by atoms with Crippen LogP contribution in [0, 0.1) is 0 Å². The molecule has 1 fully saturated rings. The summed E-state index contributed by atoms with van der Waals surface area (Å²) in [4.78, 5) is 2.72. The quantitative estimate of drug-likeness (QED) is 0.897. The largest absolute Gasteiger partial charge is 0.465 e. The van der Waals surface area contributed by atoms with Gasteiger partial charge in [0.25, 0.3) is 0 Å². The number of nitrogens with zero attached hydrogens (tertiary/aromatic N) is 1. The second-order valence-electron chi connectivity index (χ2n) is 7.55. The Morgan fingerprint density at radius 2 is 2.00 bits per heavy atom. The fourth-order valence-electron chi connectivity index (χ4n) is 4.27. The maximum absolute atomic E-state index is 5.40. The molecule has 0 saturated carbocycles. The van der Waals surface area contributed by atoms with Crippen LogP contribution in [0.2, 0.25) is 0 Å². The van der Waals surface area contributed by atoms with E-state index in [1.807, 2.05) is 12.1 Å². The van der Waals surface area contributed by atoms with Crippen molar-refractivity contribution >= 4 is 6.08 Å². The molecule has 1 aromatic carbocycles. The van der Waals surface area contributed by atoms with Crippen LogP contribution < -0.4 is 5.32 Å². The number of fused-ring (bicyclic) bond motifs is 1. The molecule has 3 heteroatoms. The van der Waals surface area contributed by atoms with Gasteiger partial charge in [-0.2, -0.15) is 0 Å². The molecular formula is C22H28N2O. The predicted octanol–water partition coefficient (Wildman–Crippen LogP) is 3.90. The van der Waals surface area contributed by atoms with Crippen LogP contribution in [0.3, 0.4) is 0 Å². The molecule has 2 aliphatic rings. The molecule has 0 amide bonds. The minimum Gasteiger partial charge on any atom is -0.465 e. The third kappa shape index (κ3) is 4.05. The summed E-state index contributed by atoms with van der Waals surface area (Å²) in [5, 5.41) is 3.76. The van der Waals surface area contributed by atoms with Crippen molar-refractivity contribution in [1.82, 2.24) is 10.2 Å². The highest BCUT2D eigenvalue weighted by atomic mass is 16.3. The van der Waals surface area contributed by atoms with Crippen LogP contribution in [0.15, 0.2) is 52.7 Å². The first-order valence-corrected chi connectivity index (χ1v) is 9.53. The third-order valence-corrected chi connectivity index (χ3v) is 5.60. The Kier molecular flexibility index (Phi) is 5.04. The van der Waals surface area contributed by atoms with Gasteiger partial charge in [0.2, 0.25) is 0 Å². The first kappa shape index (κ1) is 16.6. The summed E-state index contributed by atoms with van der Waals surface area (Å²) in [7, 11) is 0. The number of piperidine rings is 1. The summed E-state index contributed by atoms with van der Waals surface area (Å²) < 4.78 is 5.40. The highest BCUT2D eigenvalue weighted by Crippen LogP contribution is 2.27. The molecule has 1 unspecified atom stereocenters. The molecule has 1 aliphatic heterocycles. The summed E-state index contributed by atoms with van der Waals surface area (Å²) in [6.45, 7) is 5.53. The van der Waals surface area contributed by atoms with Gasteiger partial charge in [-0.3, -0.25) is 4.90 Å². The minimum absolute atomic E-state index is 0.595. The van der Waals surface area contributed by atoms with Crippen molar-refractivity contribution in [2.45, 2.75) is 44.7 Å². The van der Waals surface area contributed by atoms with Crippen molar-refractivity contribution < 1.29 is 4.42 Å². The molecule has 1 N–H and O–H groups in total. The standard InChI is InChI=1S/C22H28N2O/c1-17(12-22-9-5-11-25-22)15-23-20-8-4-10-24(16-20)21-13-18-6-2-3-7-19(18)14-21/h2-3,5-7,9,11-12,20-21,23H,4,8,10,13-16H2,1H3. The van der Waals surface area contributed by atoms with Crippen LogP contribution in [0.5, 0.6) is 0 Å². The van der Waals surface area contributed by atoms with E-state index in [9.17, 15) is 0 Å². The zero-order chi connectivity index (χ0) is 17.1. The van der Waals surface area contributed by atoms with Crippen LogP contribution in [0.25, 0.3) is 6.08 Å². The monoisotopic (exact) mass is 336 g/mol. The van der Waals surface area contributed by atoms with E-state index in [0.29, 0.717) is 12.1 Å². The van der Waals surface area contributed by atoms with E-state index >= 15 is 0 Å². The first-order chi connectivity index (χ1) is 12.3. The van der Waals surface area contributed by atoms with Gasteiger partial charge in [-0.05, 0) is 68.5 Å². The molecule has 2 heterocycles. The second-order valence-corrected chi connectivity index (χ2v) is 7.55. The number of hydrogen-bond donors (Lipinski definition) is 1. The molecule has 1 atom stereocenters. The lowest BCUT2D eigenvalue weighted by Crippen LogP contribution is -2.50. The van der Waals surface area contributed by atoms with Gasteiger partial charge in [-0.1, -0.05) is 29.8 Å². The van der Waals surface area contributed by atoms with Crippen LogP contribution in [-0.2, 0) is 12.8 Å². The van der Waals surface area contributed by atoms with Crippen molar-refractivity contribution in [1.29, 1.82) is 0 Å². The smallest absolute Gasteiger partial charge is 0.126 e. The molecule has 0 bridgehead atoms. The SMILES string of the molecule is CC(=Cc1ccco1)CNC1CCCN(C2Cc3ccccc3C2)C1. The average molecular weight is 336 g/mol. The number of hydrogen-bond acceptors (Lipinski definition) is 3. The van der Waals surface area contributed by atoms with E-state index in [2.05, 4.69) is 47.5 Å². The lowest BCUT2D eigenvalue weighted by Gasteiger charge is -2.37. The van der Waals surface area contributed by atoms with E-state index in [0.717, 1.165) is 12.3 Å². The summed E-state index contributed by atoms with van der Waals surface area (Å²) in [5.74, 6) is 0.938. The second kappa shape index (κ2) is 7.59. The van der Waals surface area contributed by atoms with E-state index in [1.165, 1.54) is 44.3 Å². The van der Waals surface area contributed by atoms with E-state index in [4.69, 9.17) is 4.42 Å². The summed E-state index contributed by atoms with van der Waals surface area (Å²) in [6.07, 6.45) is 8.88. The molecule has 2 aromatic rings. The van der Waals surface area contributed by atoms with Crippen molar-refractivity contribution in [2.75, 3.05) is 19.6 Å². The number of nitrogens with one attached hydrogen (secondary N) is 1. The Labute approximate surface area is 150 Å². The van der Waals surface area contributed by atoms with Crippen LogP contribution in [0.1, 0.15) is 36.7 Å². The fraction of sp³-hybridized carbons (Fsp3) is 0.455. The molecular weight excluding hydrogens is 308 g/mol. The summed E-state index contributed by atoms with van der Waals surface area (Å²) in [6, 6.07) is 14.2. The minimum atomic E-state index is 0.595. The average Bonchev–Trinajstić information content (AvgIpc) is 3.29. The fourth-order valence-corrected chi connectivity index (χ4v) is 4.27. The molecule has 1 saturated heterocycles. The first-order valence-electron chi connectivity index (χ1n) is 9.53. The van der Waals surface area contributed by atoms with Gasteiger partial charge >= 0.3 is 0 Å². The van der Waals surface area contributed by atoms with Crippen molar-refractivity contribution in [3.8, 4) is 0 Å². The van der Waals surface area contributed by atoms with E-state index < -0.39 is 0 Å². The molecule has 1 aliphatic carbocycles.